The molecule has 2 atom stereocenters. The Morgan fingerprint density at radius 2 is 1.64 bits per heavy atom. The SMILES string of the molecule is C[C@@H]1CNC[C@H](C)N1CC(F)(F)F.Cl. The van der Waals surface area contributed by atoms with E-state index in [1.165, 1.54) is 4.90 Å². The summed E-state index contributed by atoms with van der Waals surface area (Å²) in [6.45, 7) is 4.11. The molecule has 1 fully saturated rings. The predicted octanol–water partition coefficient (Wildman–Crippen LogP) is 1.65. The largest absolute Gasteiger partial charge is 0.401 e. The molecule has 0 saturated carbocycles. The molecule has 0 unspecified atom stereocenters. The van der Waals surface area contributed by atoms with Crippen LogP contribution in [0.1, 0.15) is 13.8 Å². The summed E-state index contributed by atoms with van der Waals surface area (Å²) in [6.07, 6.45) is -4.08. The lowest BCUT2D eigenvalue weighted by molar-refractivity contribution is -0.157. The van der Waals surface area contributed by atoms with Crippen LogP contribution in [-0.4, -0.2) is 42.8 Å². The monoisotopic (exact) mass is 232 g/mol. The molecule has 0 bridgehead atoms. The van der Waals surface area contributed by atoms with Crippen LogP contribution in [-0.2, 0) is 0 Å². The second kappa shape index (κ2) is 5.19. The normalized spacial score (nSPS) is 29.8. The van der Waals surface area contributed by atoms with E-state index in [1.807, 2.05) is 13.8 Å². The van der Waals surface area contributed by atoms with Gasteiger partial charge in [-0.15, -0.1) is 12.4 Å². The highest BCUT2D eigenvalue weighted by Gasteiger charge is 2.36. The quantitative estimate of drug-likeness (QED) is 0.740. The molecule has 0 aromatic rings. The van der Waals surface area contributed by atoms with Crippen LogP contribution >= 0.6 is 12.4 Å². The van der Waals surface area contributed by atoms with Gasteiger partial charge in [-0.25, -0.2) is 0 Å². The van der Waals surface area contributed by atoms with Gasteiger partial charge in [0.2, 0.25) is 0 Å². The lowest BCUT2D eigenvalue weighted by atomic mass is 10.1. The van der Waals surface area contributed by atoms with E-state index in [0.29, 0.717) is 13.1 Å². The molecular weight excluding hydrogens is 217 g/mol. The molecule has 0 aliphatic carbocycles. The molecule has 1 N–H and O–H groups in total. The van der Waals surface area contributed by atoms with Gasteiger partial charge in [-0.05, 0) is 13.8 Å². The first-order valence-electron chi connectivity index (χ1n) is 4.43. The lowest BCUT2D eigenvalue weighted by Crippen LogP contribution is -2.57. The Morgan fingerprint density at radius 1 is 1.21 bits per heavy atom. The van der Waals surface area contributed by atoms with Crippen molar-refractivity contribution in [3.8, 4) is 0 Å². The van der Waals surface area contributed by atoms with E-state index < -0.39 is 12.7 Å². The van der Waals surface area contributed by atoms with Crippen LogP contribution in [0.3, 0.4) is 0 Å². The number of piperazine rings is 1. The molecule has 2 nitrogen and oxygen atoms in total. The molecule has 6 heteroatoms. The summed E-state index contributed by atoms with van der Waals surface area (Å²) in [7, 11) is 0. The first-order valence-corrected chi connectivity index (χ1v) is 4.43. The van der Waals surface area contributed by atoms with Gasteiger partial charge in [0.15, 0.2) is 0 Å². The van der Waals surface area contributed by atoms with E-state index in [4.69, 9.17) is 0 Å². The molecule has 1 aliphatic rings. The van der Waals surface area contributed by atoms with Crippen molar-refractivity contribution >= 4 is 12.4 Å². The van der Waals surface area contributed by atoms with Gasteiger partial charge < -0.3 is 5.32 Å². The summed E-state index contributed by atoms with van der Waals surface area (Å²) in [5, 5.41) is 3.09. The van der Waals surface area contributed by atoms with Crippen molar-refractivity contribution in [1.29, 1.82) is 0 Å². The minimum Gasteiger partial charge on any atom is -0.314 e. The van der Waals surface area contributed by atoms with Gasteiger partial charge in [0, 0.05) is 25.2 Å². The van der Waals surface area contributed by atoms with Crippen molar-refractivity contribution in [3.63, 3.8) is 0 Å². The summed E-state index contributed by atoms with van der Waals surface area (Å²) in [6, 6.07) is -0.0734. The molecule has 0 aromatic carbocycles. The number of halogens is 4. The zero-order valence-electron chi connectivity index (χ0n) is 8.27. The van der Waals surface area contributed by atoms with Gasteiger partial charge in [0.25, 0.3) is 0 Å². The highest BCUT2D eigenvalue weighted by Crippen LogP contribution is 2.20. The molecule has 1 aliphatic heterocycles. The highest BCUT2D eigenvalue weighted by molar-refractivity contribution is 5.85. The Morgan fingerprint density at radius 3 is 2.00 bits per heavy atom. The standard InChI is InChI=1S/C8H15F3N2.ClH/c1-6-3-12-4-7(2)13(6)5-8(9,10)11;/h6-7,12H,3-5H2,1-2H3;1H/t6-,7+;. The number of hydrogen-bond acceptors (Lipinski definition) is 2. The summed E-state index contributed by atoms with van der Waals surface area (Å²) >= 11 is 0. The van der Waals surface area contributed by atoms with Crippen LogP contribution in [0.15, 0.2) is 0 Å². The fraction of sp³-hybridized carbons (Fsp3) is 1.00. The summed E-state index contributed by atoms with van der Waals surface area (Å²) in [5.41, 5.74) is 0. The first-order chi connectivity index (χ1) is 5.90. The fourth-order valence-corrected chi connectivity index (χ4v) is 1.69. The van der Waals surface area contributed by atoms with Crippen molar-refractivity contribution in [3.05, 3.63) is 0 Å². The van der Waals surface area contributed by atoms with E-state index >= 15 is 0 Å². The third-order valence-corrected chi connectivity index (χ3v) is 2.37. The van der Waals surface area contributed by atoms with Crippen molar-refractivity contribution in [1.82, 2.24) is 10.2 Å². The van der Waals surface area contributed by atoms with Crippen LogP contribution in [0.2, 0.25) is 0 Å². The number of hydrogen-bond donors (Lipinski definition) is 1. The summed E-state index contributed by atoms with van der Waals surface area (Å²) < 4.78 is 36.4. The Kier molecular flexibility index (Phi) is 5.19. The van der Waals surface area contributed by atoms with Crippen LogP contribution in [0.25, 0.3) is 0 Å². The van der Waals surface area contributed by atoms with E-state index in [-0.39, 0.29) is 24.5 Å². The highest BCUT2D eigenvalue weighted by atomic mass is 35.5. The van der Waals surface area contributed by atoms with Crippen LogP contribution in [0.5, 0.6) is 0 Å². The second-order valence-corrected chi connectivity index (χ2v) is 3.64. The third-order valence-electron chi connectivity index (χ3n) is 2.37. The average molecular weight is 233 g/mol. The minimum atomic E-state index is -4.08. The van der Waals surface area contributed by atoms with Crippen molar-refractivity contribution in [2.75, 3.05) is 19.6 Å². The summed E-state index contributed by atoms with van der Waals surface area (Å²) in [4.78, 5) is 1.50. The van der Waals surface area contributed by atoms with E-state index in [9.17, 15) is 13.2 Å². The maximum Gasteiger partial charge on any atom is 0.401 e. The maximum atomic E-state index is 12.1. The molecule has 1 rings (SSSR count). The van der Waals surface area contributed by atoms with E-state index in [1.54, 1.807) is 0 Å². The first kappa shape index (κ1) is 14.0. The number of alkyl halides is 3. The molecule has 0 aromatic heterocycles. The van der Waals surface area contributed by atoms with Gasteiger partial charge in [0.1, 0.15) is 0 Å². The molecule has 0 radical (unpaired) electrons. The van der Waals surface area contributed by atoms with Gasteiger partial charge in [-0.3, -0.25) is 4.90 Å². The topological polar surface area (TPSA) is 15.3 Å². The van der Waals surface area contributed by atoms with Crippen LogP contribution in [0, 0.1) is 0 Å². The van der Waals surface area contributed by atoms with E-state index in [2.05, 4.69) is 5.32 Å². The van der Waals surface area contributed by atoms with Crippen molar-refractivity contribution in [2.24, 2.45) is 0 Å². The maximum absolute atomic E-state index is 12.1. The molecule has 0 spiro atoms. The molecule has 14 heavy (non-hydrogen) atoms. The molecule has 1 saturated heterocycles. The molecule has 0 amide bonds. The predicted molar refractivity (Wildman–Crippen MR) is 51.8 cm³/mol. The Bertz CT molecular complexity index is 164. The zero-order chi connectivity index (χ0) is 10.1. The zero-order valence-corrected chi connectivity index (χ0v) is 9.08. The van der Waals surface area contributed by atoms with Gasteiger partial charge in [-0.1, -0.05) is 0 Å². The van der Waals surface area contributed by atoms with Gasteiger partial charge in [0.05, 0.1) is 6.54 Å². The summed E-state index contributed by atoms with van der Waals surface area (Å²) in [5.74, 6) is 0. The van der Waals surface area contributed by atoms with Crippen LogP contribution in [0.4, 0.5) is 13.2 Å². The number of nitrogens with zero attached hydrogens (tertiary/aromatic N) is 1. The second-order valence-electron chi connectivity index (χ2n) is 3.64. The average Bonchev–Trinajstić information content (AvgIpc) is 1.95. The number of nitrogens with one attached hydrogen (secondary N) is 1. The number of rotatable bonds is 1. The fourth-order valence-electron chi connectivity index (χ4n) is 1.69. The Labute approximate surface area is 88.2 Å². The lowest BCUT2D eigenvalue weighted by Gasteiger charge is -2.39. The van der Waals surface area contributed by atoms with Crippen molar-refractivity contribution < 1.29 is 13.2 Å². The van der Waals surface area contributed by atoms with Gasteiger partial charge >= 0.3 is 6.18 Å². The molecule has 86 valence electrons. The minimum absolute atomic E-state index is 0. The molecular formula is C8H16ClF3N2. The van der Waals surface area contributed by atoms with E-state index in [0.717, 1.165) is 0 Å². The smallest absolute Gasteiger partial charge is 0.314 e. The third kappa shape index (κ3) is 4.02. The molecule has 1 heterocycles. The Hall–Kier alpha value is -0.0000000000000000555. The van der Waals surface area contributed by atoms with Gasteiger partial charge in [-0.2, -0.15) is 13.2 Å². The van der Waals surface area contributed by atoms with Crippen LogP contribution < -0.4 is 5.32 Å². The van der Waals surface area contributed by atoms with Crippen molar-refractivity contribution in [2.45, 2.75) is 32.1 Å². The Balaban J connectivity index is 0.00000169.